The Balaban J connectivity index is 2.23. The number of fused-ring (bicyclic) bond motifs is 2. The number of allylic oxidation sites excluding steroid dienone is 6. The molecule has 0 radical (unpaired) electrons. The molecular formula is C29H34O6. The number of hydrogen-bond donors (Lipinski definition) is 3. The SMILES string of the molecule is COc1cc(O)c2c(=O)c3cc(CC=C(C)C)c(O)c(O)c3oc2c1CC=C(C)CCC=C(C)C. The average molecular weight is 479 g/mol. The Morgan fingerprint density at radius 2 is 1.60 bits per heavy atom. The summed E-state index contributed by atoms with van der Waals surface area (Å²) >= 11 is 0. The van der Waals surface area contributed by atoms with Gasteiger partial charge in [0.1, 0.15) is 22.5 Å². The second kappa shape index (κ2) is 10.7. The number of ether oxygens (including phenoxy) is 1. The normalized spacial score (nSPS) is 11.7. The number of phenols is 3. The lowest BCUT2D eigenvalue weighted by Crippen LogP contribution is -2.06. The van der Waals surface area contributed by atoms with Gasteiger partial charge in [0.05, 0.1) is 12.5 Å². The van der Waals surface area contributed by atoms with Crippen molar-refractivity contribution in [2.24, 2.45) is 0 Å². The van der Waals surface area contributed by atoms with Gasteiger partial charge in [-0.15, -0.1) is 0 Å². The van der Waals surface area contributed by atoms with E-state index >= 15 is 0 Å². The van der Waals surface area contributed by atoms with Crippen LogP contribution >= 0.6 is 0 Å². The van der Waals surface area contributed by atoms with Gasteiger partial charge in [0, 0.05) is 17.2 Å². The van der Waals surface area contributed by atoms with Gasteiger partial charge in [-0.1, -0.05) is 34.9 Å². The van der Waals surface area contributed by atoms with E-state index in [9.17, 15) is 20.1 Å². The molecule has 0 amide bonds. The molecule has 3 N–H and O–H groups in total. The summed E-state index contributed by atoms with van der Waals surface area (Å²) in [5.41, 5.74) is 3.95. The van der Waals surface area contributed by atoms with Crippen LogP contribution in [-0.4, -0.2) is 22.4 Å². The summed E-state index contributed by atoms with van der Waals surface area (Å²) in [5, 5.41) is 32.1. The minimum absolute atomic E-state index is 0.0159. The van der Waals surface area contributed by atoms with Crippen molar-refractivity contribution < 1.29 is 24.5 Å². The van der Waals surface area contributed by atoms with E-state index in [1.807, 2.05) is 32.9 Å². The first-order valence-corrected chi connectivity index (χ1v) is 11.7. The van der Waals surface area contributed by atoms with E-state index in [4.69, 9.17) is 9.15 Å². The van der Waals surface area contributed by atoms with Gasteiger partial charge in [-0.3, -0.25) is 4.79 Å². The van der Waals surface area contributed by atoms with Gasteiger partial charge in [0.25, 0.3) is 0 Å². The van der Waals surface area contributed by atoms with Crippen LogP contribution in [0.4, 0.5) is 0 Å². The van der Waals surface area contributed by atoms with E-state index in [1.54, 1.807) is 0 Å². The van der Waals surface area contributed by atoms with Crippen LogP contribution in [0.5, 0.6) is 23.0 Å². The third-order valence-electron chi connectivity index (χ3n) is 6.00. The van der Waals surface area contributed by atoms with Gasteiger partial charge < -0.3 is 24.5 Å². The number of phenolic OH excluding ortho intramolecular Hbond substituents is 3. The minimum Gasteiger partial charge on any atom is -0.507 e. The van der Waals surface area contributed by atoms with E-state index in [2.05, 4.69) is 19.9 Å². The molecule has 35 heavy (non-hydrogen) atoms. The molecule has 0 fully saturated rings. The van der Waals surface area contributed by atoms with Crippen molar-refractivity contribution >= 4 is 21.9 Å². The minimum atomic E-state index is -0.500. The largest absolute Gasteiger partial charge is 0.507 e. The summed E-state index contributed by atoms with van der Waals surface area (Å²) in [6.07, 6.45) is 8.67. The molecule has 0 aliphatic carbocycles. The number of methoxy groups -OCH3 is 1. The highest BCUT2D eigenvalue weighted by Crippen LogP contribution is 2.41. The first kappa shape index (κ1) is 25.9. The molecule has 1 heterocycles. The highest BCUT2D eigenvalue weighted by atomic mass is 16.5. The van der Waals surface area contributed by atoms with Gasteiger partial charge in [-0.2, -0.15) is 0 Å². The first-order chi connectivity index (χ1) is 16.5. The Kier molecular flexibility index (Phi) is 7.95. The van der Waals surface area contributed by atoms with Crippen LogP contribution in [0, 0.1) is 0 Å². The van der Waals surface area contributed by atoms with Crippen molar-refractivity contribution in [1.82, 2.24) is 0 Å². The summed E-state index contributed by atoms with van der Waals surface area (Å²) in [5.74, 6) is -0.727. The van der Waals surface area contributed by atoms with Crippen LogP contribution in [0.15, 0.2) is 56.3 Å². The van der Waals surface area contributed by atoms with Gasteiger partial charge in [-0.05, 0) is 66.4 Å². The predicted molar refractivity (Wildman–Crippen MR) is 141 cm³/mol. The molecule has 0 spiro atoms. The van der Waals surface area contributed by atoms with Gasteiger partial charge in [0.15, 0.2) is 11.3 Å². The Morgan fingerprint density at radius 1 is 0.914 bits per heavy atom. The zero-order chi connectivity index (χ0) is 25.9. The second-order valence-electron chi connectivity index (χ2n) is 9.38. The van der Waals surface area contributed by atoms with E-state index in [0.29, 0.717) is 29.7 Å². The Labute approximate surface area is 205 Å². The molecule has 0 bridgehead atoms. The Morgan fingerprint density at radius 3 is 2.23 bits per heavy atom. The van der Waals surface area contributed by atoms with Crippen molar-refractivity contribution in [2.75, 3.05) is 7.11 Å². The summed E-state index contributed by atoms with van der Waals surface area (Å²) in [6, 6.07) is 2.92. The fourth-order valence-corrected chi connectivity index (χ4v) is 4.01. The van der Waals surface area contributed by atoms with E-state index in [0.717, 1.165) is 18.4 Å². The van der Waals surface area contributed by atoms with Crippen LogP contribution in [-0.2, 0) is 12.8 Å². The van der Waals surface area contributed by atoms with Crippen LogP contribution in [0.1, 0.15) is 58.6 Å². The molecule has 0 atom stereocenters. The molecule has 186 valence electrons. The first-order valence-electron chi connectivity index (χ1n) is 11.7. The second-order valence-corrected chi connectivity index (χ2v) is 9.38. The molecule has 6 heteroatoms. The molecule has 3 aromatic rings. The van der Waals surface area contributed by atoms with E-state index in [1.165, 1.54) is 30.4 Å². The van der Waals surface area contributed by atoms with Crippen molar-refractivity contribution in [3.8, 4) is 23.0 Å². The zero-order valence-electron chi connectivity index (χ0n) is 21.3. The van der Waals surface area contributed by atoms with Crippen molar-refractivity contribution in [3.05, 3.63) is 68.4 Å². The lowest BCUT2D eigenvalue weighted by molar-refractivity contribution is 0.396. The van der Waals surface area contributed by atoms with Crippen LogP contribution < -0.4 is 10.2 Å². The number of benzene rings is 2. The fourth-order valence-electron chi connectivity index (χ4n) is 4.01. The van der Waals surface area contributed by atoms with Gasteiger partial charge in [-0.25, -0.2) is 0 Å². The van der Waals surface area contributed by atoms with Crippen LogP contribution in [0.2, 0.25) is 0 Å². The maximum atomic E-state index is 13.5. The summed E-state index contributed by atoms with van der Waals surface area (Å²) < 4.78 is 11.5. The molecule has 6 nitrogen and oxygen atoms in total. The topological polar surface area (TPSA) is 100 Å². The molecule has 1 aromatic heterocycles. The average Bonchev–Trinajstić information content (AvgIpc) is 2.79. The number of rotatable bonds is 8. The Bertz CT molecular complexity index is 1410. The lowest BCUT2D eigenvalue weighted by atomic mass is 10.00. The van der Waals surface area contributed by atoms with Crippen molar-refractivity contribution in [3.63, 3.8) is 0 Å². The molecule has 0 saturated carbocycles. The smallest absolute Gasteiger partial charge is 0.204 e. The summed E-state index contributed by atoms with van der Waals surface area (Å²) in [6.45, 7) is 10.0. The highest BCUT2D eigenvalue weighted by Gasteiger charge is 2.23. The number of hydrogen-bond acceptors (Lipinski definition) is 6. The Hall–Kier alpha value is -3.67. The quantitative estimate of drug-likeness (QED) is 0.187. The third kappa shape index (κ3) is 5.53. The molecule has 0 unspecified atom stereocenters. The molecule has 3 rings (SSSR count). The highest BCUT2D eigenvalue weighted by molar-refractivity contribution is 5.98. The van der Waals surface area contributed by atoms with Gasteiger partial charge >= 0.3 is 0 Å². The maximum Gasteiger partial charge on any atom is 0.204 e. The molecule has 0 saturated heterocycles. The van der Waals surface area contributed by atoms with Gasteiger partial charge in [0.2, 0.25) is 11.2 Å². The maximum absolute atomic E-state index is 13.5. The molecule has 2 aromatic carbocycles. The van der Waals surface area contributed by atoms with Crippen LogP contribution in [0.3, 0.4) is 0 Å². The van der Waals surface area contributed by atoms with Crippen LogP contribution in [0.25, 0.3) is 21.9 Å². The predicted octanol–water partition coefficient (Wildman–Crippen LogP) is 6.82. The summed E-state index contributed by atoms with van der Waals surface area (Å²) in [7, 11) is 1.48. The molecule has 0 aliphatic heterocycles. The monoisotopic (exact) mass is 478 g/mol. The van der Waals surface area contributed by atoms with E-state index < -0.39 is 11.2 Å². The summed E-state index contributed by atoms with van der Waals surface area (Å²) in [4.78, 5) is 13.5. The van der Waals surface area contributed by atoms with Crippen molar-refractivity contribution in [1.29, 1.82) is 0 Å². The standard InChI is InChI=1S/C29H34O6/c1-16(2)8-7-9-18(5)11-13-20-23(34-6)15-22(30)24-26(32)21-14-19(12-10-17(3)4)25(31)27(33)29(21)35-28(20)24/h8,10-11,14-15,30-31,33H,7,9,12-13H2,1-6H3. The fraction of sp³-hybridized carbons (Fsp3) is 0.345. The van der Waals surface area contributed by atoms with Crippen molar-refractivity contribution in [2.45, 2.75) is 60.3 Å². The lowest BCUT2D eigenvalue weighted by Gasteiger charge is -2.14. The van der Waals surface area contributed by atoms with E-state index in [-0.39, 0.29) is 33.4 Å². The number of aromatic hydroxyl groups is 3. The molecule has 0 aliphatic rings. The zero-order valence-corrected chi connectivity index (χ0v) is 21.3. The molecular weight excluding hydrogens is 444 g/mol. The third-order valence-corrected chi connectivity index (χ3v) is 6.00.